The van der Waals surface area contributed by atoms with Crippen LogP contribution in [0.1, 0.15) is 17.3 Å². The molecule has 0 aliphatic heterocycles. The number of fused-ring (bicyclic) bond motifs is 1. The van der Waals surface area contributed by atoms with E-state index in [2.05, 4.69) is 10.3 Å². The van der Waals surface area contributed by atoms with Gasteiger partial charge in [-0.1, -0.05) is 18.2 Å². The van der Waals surface area contributed by atoms with Gasteiger partial charge >= 0.3 is 0 Å². The molecule has 2 rings (SSSR count). The molecular weight excluding hydrogens is 276 g/mol. The Hall–Kier alpha value is -2.24. The number of nitrogens with one attached hydrogen (secondary N) is 1. The van der Waals surface area contributed by atoms with Crippen LogP contribution in [0.3, 0.4) is 0 Å². The maximum atomic E-state index is 12.5. The van der Waals surface area contributed by atoms with E-state index in [1.54, 1.807) is 24.3 Å². The van der Waals surface area contributed by atoms with Crippen molar-refractivity contribution in [1.29, 1.82) is 0 Å². The molecular formula is C15H17F2N3O. The van der Waals surface area contributed by atoms with Crippen LogP contribution in [0.15, 0.2) is 30.3 Å². The zero-order valence-electron chi connectivity index (χ0n) is 11.9. The molecule has 4 nitrogen and oxygen atoms in total. The lowest BCUT2D eigenvalue weighted by atomic mass is 10.1. The first kappa shape index (κ1) is 15.2. The minimum absolute atomic E-state index is 0.375. The second kappa shape index (κ2) is 6.47. The Morgan fingerprint density at radius 2 is 2.10 bits per heavy atom. The van der Waals surface area contributed by atoms with Gasteiger partial charge in [0.05, 0.1) is 17.6 Å². The molecule has 0 unspecified atom stereocenters. The minimum Gasteiger partial charge on any atom is -0.370 e. The van der Waals surface area contributed by atoms with Crippen molar-refractivity contribution in [2.24, 2.45) is 0 Å². The molecule has 0 aliphatic rings. The van der Waals surface area contributed by atoms with Crippen LogP contribution in [0.25, 0.3) is 10.9 Å². The van der Waals surface area contributed by atoms with Crippen molar-refractivity contribution in [2.75, 3.05) is 25.5 Å². The Balaban J connectivity index is 2.47. The molecule has 0 aliphatic carbocycles. The topological polar surface area (TPSA) is 45.2 Å². The largest absolute Gasteiger partial charge is 0.370 e. The third kappa shape index (κ3) is 3.45. The molecule has 0 bridgehead atoms. The van der Waals surface area contributed by atoms with Gasteiger partial charge in [-0.3, -0.25) is 4.79 Å². The first-order valence-corrected chi connectivity index (χ1v) is 6.70. The third-order valence-corrected chi connectivity index (χ3v) is 3.06. The van der Waals surface area contributed by atoms with Crippen LogP contribution in [-0.2, 0) is 0 Å². The summed E-state index contributed by atoms with van der Waals surface area (Å²) < 4.78 is 24.9. The van der Waals surface area contributed by atoms with Crippen molar-refractivity contribution in [3.8, 4) is 0 Å². The summed E-state index contributed by atoms with van der Waals surface area (Å²) in [4.78, 5) is 17.8. The normalized spacial score (nSPS) is 10.9. The number of halogens is 2. The summed E-state index contributed by atoms with van der Waals surface area (Å²) >= 11 is 0. The Bertz CT molecular complexity index is 646. The van der Waals surface area contributed by atoms with Crippen LogP contribution >= 0.6 is 0 Å². The van der Waals surface area contributed by atoms with Crippen LogP contribution in [-0.4, -0.2) is 42.4 Å². The van der Waals surface area contributed by atoms with Gasteiger partial charge in [0, 0.05) is 19.0 Å². The standard InChI is InChI=1S/C15H17F2N3O/c1-3-18-14-8-11(15(21)20(2)9-13(16)17)10-6-4-5-7-12(10)19-14/h4-8,13H,3,9H2,1-2H3,(H,18,19). The van der Waals surface area contributed by atoms with Crippen LogP contribution in [0.2, 0.25) is 0 Å². The summed E-state index contributed by atoms with van der Waals surface area (Å²) in [7, 11) is 1.37. The number of hydrogen-bond donors (Lipinski definition) is 1. The van der Waals surface area contributed by atoms with Crippen LogP contribution in [0.4, 0.5) is 14.6 Å². The lowest BCUT2D eigenvalue weighted by Gasteiger charge is -2.18. The summed E-state index contributed by atoms with van der Waals surface area (Å²) in [5, 5.41) is 3.70. The predicted molar refractivity (Wildman–Crippen MR) is 78.9 cm³/mol. The van der Waals surface area contributed by atoms with Crippen LogP contribution < -0.4 is 5.32 Å². The van der Waals surface area contributed by atoms with Crippen molar-refractivity contribution in [1.82, 2.24) is 9.88 Å². The van der Waals surface area contributed by atoms with Gasteiger partial charge in [-0.2, -0.15) is 0 Å². The molecule has 6 heteroatoms. The van der Waals surface area contributed by atoms with Gasteiger partial charge in [0.15, 0.2) is 0 Å². The second-order valence-corrected chi connectivity index (χ2v) is 4.68. The van der Waals surface area contributed by atoms with Gasteiger partial charge < -0.3 is 10.2 Å². The number of rotatable bonds is 5. The molecule has 1 N–H and O–H groups in total. The highest BCUT2D eigenvalue weighted by molar-refractivity contribution is 6.06. The number of nitrogens with zero attached hydrogens (tertiary/aromatic N) is 2. The Morgan fingerprint density at radius 3 is 2.76 bits per heavy atom. The molecule has 0 radical (unpaired) electrons. The third-order valence-electron chi connectivity index (χ3n) is 3.06. The predicted octanol–water partition coefficient (Wildman–Crippen LogP) is 3.00. The van der Waals surface area contributed by atoms with Crippen molar-refractivity contribution >= 4 is 22.6 Å². The second-order valence-electron chi connectivity index (χ2n) is 4.68. The number of carbonyl (C=O) groups excluding carboxylic acids is 1. The summed E-state index contributed by atoms with van der Waals surface area (Å²) in [5.74, 6) is 0.123. The van der Waals surface area contributed by atoms with Gasteiger partial charge in [0.1, 0.15) is 5.82 Å². The zero-order valence-corrected chi connectivity index (χ0v) is 11.9. The van der Waals surface area contributed by atoms with Crippen molar-refractivity contribution < 1.29 is 13.6 Å². The SMILES string of the molecule is CCNc1cc(C(=O)N(C)CC(F)F)c2ccccc2n1. The quantitative estimate of drug-likeness (QED) is 0.921. The van der Waals surface area contributed by atoms with Crippen molar-refractivity contribution in [2.45, 2.75) is 13.3 Å². The molecule has 1 amide bonds. The van der Waals surface area contributed by atoms with Crippen LogP contribution in [0, 0.1) is 0 Å². The summed E-state index contributed by atoms with van der Waals surface area (Å²) in [6.07, 6.45) is -2.56. The van der Waals surface area contributed by atoms with E-state index in [0.29, 0.717) is 28.8 Å². The monoisotopic (exact) mass is 293 g/mol. The summed E-state index contributed by atoms with van der Waals surface area (Å²) in [6.45, 7) is 1.99. The highest BCUT2D eigenvalue weighted by atomic mass is 19.3. The molecule has 0 saturated carbocycles. The first-order valence-electron chi connectivity index (χ1n) is 6.70. The number of aromatic nitrogens is 1. The number of hydrogen-bond acceptors (Lipinski definition) is 3. The molecule has 2 aromatic rings. The fourth-order valence-corrected chi connectivity index (χ4v) is 2.12. The summed E-state index contributed by atoms with van der Waals surface area (Å²) in [6, 6.07) is 8.78. The number of pyridine rings is 1. The number of benzene rings is 1. The fraction of sp³-hybridized carbons (Fsp3) is 0.333. The minimum atomic E-state index is -2.56. The highest BCUT2D eigenvalue weighted by Crippen LogP contribution is 2.22. The average Bonchev–Trinajstić information content (AvgIpc) is 2.45. The van der Waals surface area contributed by atoms with Crippen LogP contribution in [0.5, 0.6) is 0 Å². The number of carbonyl (C=O) groups is 1. The van der Waals surface area contributed by atoms with Gasteiger partial charge in [0.2, 0.25) is 0 Å². The van der Waals surface area contributed by atoms with E-state index in [1.807, 2.05) is 13.0 Å². The molecule has 0 fully saturated rings. The first-order chi connectivity index (χ1) is 10.0. The number of para-hydroxylation sites is 1. The molecule has 1 aromatic heterocycles. The molecule has 1 aromatic carbocycles. The zero-order chi connectivity index (χ0) is 15.4. The van der Waals surface area contributed by atoms with E-state index in [9.17, 15) is 13.6 Å². The fourth-order valence-electron chi connectivity index (χ4n) is 2.12. The van der Waals surface area contributed by atoms with Crippen molar-refractivity contribution in [3.63, 3.8) is 0 Å². The molecule has 0 spiro atoms. The van der Waals surface area contributed by atoms with E-state index in [1.165, 1.54) is 7.05 Å². The van der Waals surface area contributed by atoms with Crippen molar-refractivity contribution in [3.05, 3.63) is 35.9 Å². The molecule has 0 saturated heterocycles. The maximum absolute atomic E-state index is 12.5. The molecule has 112 valence electrons. The van der Waals surface area contributed by atoms with Gasteiger partial charge in [-0.05, 0) is 19.1 Å². The number of amides is 1. The molecule has 1 heterocycles. The lowest BCUT2D eigenvalue weighted by molar-refractivity contribution is 0.0622. The maximum Gasteiger partial charge on any atom is 0.255 e. The van der Waals surface area contributed by atoms with E-state index in [0.717, 1.165) is 4.90 Å². The van der Waals surface area contributed by atoms with E-state index >= 15 is 0 Å². The van der Waals surface area contributed by atoms with E-state index in [4.69, 9.17) is 0 Å². The Kier molecular flexibility index (Phi) is 4.67. The Labute approximate surface area is 121 Å². The van der Waals surface area contributed by atoms with Gasteiger partial charge in [-0.25, -0.2) is 13.8 Å². The summed E-state index contributed by atoms with van der Waals surface area (Å²) in [5.41, 5.74) is 1.03. The van der Waals surface area contributed by atoms with Gasteiger partial charge in [-0.15, -0.1) is 0 Å². The molecule has 21 heavy (non-hydrogen) atoms. The average molecular weight is 293 g/mol. The Morgan fingerprint density at radius 1 is 1.38 bits per heavy atom. The number of anilines is 1. The van der Waals surface area contributed by atoms with E-state index < -0.39 is 18.9 Å². The van der Waals surface area contributed by atoms with E-state index in [-0.39, 0.29) is 0 Å². The number of alkyl halides is 2. The highest BCUT2D eigenvalue weighted by Gasteiger charge is 2.19. The molecule has 0 atom stereocenters. The smallest absolute Gasteiger partial charge is 0.255 e. The van der Waals surface area contributed by atoms with Gasteiger partial charge in [0.25, 0.3) is 12.3 Å². The lowest BCUT2D eigenvalue weighted by Crippen LogP contribution is -2.31.